The van der Waals surface area contributed by atoms with E-state index in [0.717, 1.165) is 77.9 Å². The average molecular weight is 561 g/mol. The number of sulfone groups is 1. The summed E-state index contributed by atoms with van der Waals surface area (Å²) >= 11 is 1.71. The van der Waals surface area contributed by atoms with Gasteiger partial charge in [0.15, 0.2) is 20.8 Å². The predicted molar refractivity (Wildman–Crippen MR) is 153 cm³/mol. The summed E-state index contributed by atoms with van der Waals surface area (Å²) in [7, 11) is -1.57. The number of hydrogen-bond donors (Lipinski definition) is 1. The maximum Gasteiger partial charge on any atom is 0.198 e. The Kier molecular flexibility index (Phi) is 7.53. The minimum Gasteiger partial charge on any atom is -0.305 e. The molecule has 0 aliphatic carbocycles. The first kappa shape index (κ1) is 26.2. The van der Waals surface area contributed by atoms with E-state index in [2.05, 4.69) is 25.4 Å². The van der Waals surface area contributed by atoms with Gasteiger partial charge in [-0.2, -0.15) is 0 Å². The minimum atomic E-state index is -3.55. The largest absolute Gasteiger partial charge is 0.305 e. The second-order valence-electron chi connectivity index (χ2n) is 10.1. The van der Waals surface area contributed by atoms with E-state index in [1.807, 2.05) is 60.1 Å². The third-order valence-corrected chi connectivity index (χ3v) is 10.6. The molecule has 4 aromatic rings. The van der Waals surface area contributed by atoms with Gasteiger partial charge in [-0.25, -0.2) is 8.42 Å². The Morgan fingerprint density at radius 1 is 1.03 bits per heavy atom. The number of nitrogens with zero attached hydrogens (tertiary/aromatic N) is 5. The van der Waals surface area contributed by atoms with Gasteiger partial charge in [0, 0.05) is 50.4 Å². The maximum absolute atomic E-state index is 13.7. The Morgan fingerprint density at radius 3 is 2.79 bits per heavy atom. The average Bonchev–Trinajstić information content (AvgIpc) is 3.34. The van der Waals surface area contributed by atoms with Crippen LogP contribution in [0.3, 0.4) is 0 Å². The van der Waals surface area contributed by atoms with Crippen LogP contribution in [0.4, 0.5) is 0 Å². The third-order valence-electron chi connectivity index (χ3n) is 7.57. The molecule has 10 heteroatoms. The van der Waals surface area contributed by atoms with Crippen molar-refractivity contribution in [1.29, 1.82) is 0 Å². The van der Waals surface area contributed by atoms with Crippen molar-refractivity contribution in [3.05, 3.63) is 89.2 Å². The fourth-order valence-corrected chi connectivity index (χ4v) is 8.05. The zero-order chi connectivity index (χ0) is 26.8. The van der Waals surface area contributed by atoms with Crippen molar-refractivity contribution in [3.63, 3.8) is 0 Å². The molecule has 4 heterocycles. The lowest BCUT2D eigenvalue weighted by molar-refractivity contribution is 0.255. The molecule has 1 unspecified atom stereocenters. The molecule has 0 saturated carbocycles. The molecule has 2 aliphatic heterocycles. The fourth-order valence-electron chi connectivity index (χ4n) is 5.48. The molecule has 0 radical (unpaired) electrons. The highest BCUT2D eigenvalue weighted by Crippen LogP contribution is 2.33. The molecule has 0 bridgehead atoms. The van der Waals surface area contributed by atoms with Crippen molar-refractivity contribution in [1.82, 2.24) is 30.0 Å². The van der Waals surface area contributed by atoms with Gasteiger partial charge in [-0.05, 0) is 72.3 Å². The van der Waals surface area contributed by atoms with Crippen molar-refractivity contribution < 1.29 is 8.42 Å². The van der Waals surface area contributed by atoms with Crippen molar-refractivity contribution in [2.24, 2.45) is 7.05 Å². The first-order valence-electron chi connectivity index (χ1n) is 13.3. The zero-order valence-electron chi connectivity index (χ0n) is 22.0. The summed E-state index contributed by atoms with van der Waals surface area (Å²) in [6.45, 7) is 3.37. The van der Waals surface area contributed by atoms with Crippen LogP contribution in [-0.2, 0) is 36.3 Å². The summed E-state index contributed by atoms with van der Waals surface area (Å²) in [6, 6.07) is 17.5. The normalized spacial score (nSPS) is 17.5. The summed E-state index contributed by atoms with van der Waals surface area (Å²) in [5, 5.41) is 12.2. The number of rotatable bonds is 8. The summed E-state index contributed by atoms with van der Waals surface area (Å²) < 4.78 is 29.4. The lowest BCUT2D eigenvalue weighted by Crippen LogP contribution is -2.35. The molecular formula is C29H32N6O2S2. The molecule has 0 fully saturated rings. The Morgan fingerprint density at radius 2 is 1.92 bits per heavy atom. The molecule has 0 amide bonds. The summed E-state index contributed by atoms with van der Waals surface area (Å²) in [4.78, 5) is 7.00. The van der Waals surface area contributed by atoms with Crippen LogP contribution in [-0.4, -0.2) is 58.5 Å². The Labute approximate surface area is 233 Å². The van der Waals surface area contributed by atoms with Crippen LogP contribution in [0.5, 0.6) is 0 Å². The van der Waals surface area contributed by atoms with Gasteiger partial charge in [0.1, 0.15) is 5.37 Å². The SMILES string of the molecule is Cn1c(SCCCN2CCc3ccc(S(=O)(=O)C4NCCc5ccccc54)cc3C2)nnc1-c1cccnc1. The summed E-state index contributed by atoms with van der Waals surface area (Å²) in [5.74, 6) is 1.75. The van der Waals surface area contributed by atoms with Gasteiger partial charge < -0.3 is 4.57 Å². The van der Waals surface area contributed by atoms with Crippen molar-refractivity contribution >= 4 is 21.6 Å². The maximum atomic E-state index is 13.7. The van der Waals surface area contributed by atoms with E-state index in [1.54, 1.807) is 30.2 Å². The van der Waals surface area contributed by atoms with Crippen LogP contribution in [0.15, 0.2) is 77.0 Å². The number of nitrogens with one attached hydrogen (secondary N) is 1. The topological polar surface area (TPSA) is 93.0 Å². The zero-order valence-corrected chi connectivity index (χ0v) is 23.6. The van der Waals surface area contributed by atoms with Gasteiger partial charge in [-0.15, -0.1) is 10.2 Å². The molecule has 1 atom stereocenters. The lowest BCUT2D eigenvalue weighted by atomic mass is 10.00. The standard InChI is InChI=1S/C29H32N6O2S2/c1-34-27(23-7-4-13-30-19-23)32-33-29(34)38-17-5-15-35-16-12-21-9-10-25(18-24(21)20-35)39(36,37)28-26-8-3-2-6-22(26)11-14-31-28/h2-4,6-10,13,18-19,28,31H,5,11-12,14-17,20H2,1H3. The van der Waals surface area contributed by atoms with Crippen LogP contribution in [0.1, 0.15) is 34.0 Å². The molecule has 8 nitrogen and oxygen atoms in total. The number of aromatic nitrogens is 4. The molecule has 2 aromatic carbocycles. The van der Waals surface area contributed by atoms with Gasteiger partial charge in [0.05, 0.1) is 4.90 Å². The molecule has 6 rings (SSSR count). The first-order chi connectivity index (χ1) is 19.0. The Hall–Kier alpha value is -3.05. The van der Waals surface area contributed by atoms with E-state index < -0.39 is 15.2 Å². The van der Waals surface area contributed by atoms with Crippen LogP contribution in [0.25, 0.3) is 11.4 Å². The van der Waals surface area contributed by atoms with Gasteiger partial charge in [-0.3, -0.25) is 15.2 Å². The summed E-state index contributed by atoms with van der Waals surface area (Å²) in [5.41, 5.74) is 5.31. The van der Waals surface area contributed by atoms with Gasteiger partial charge in [-0.1, -0.05) is 42.1 Å². The number of pyridine rings is 1. The molecule has 39 heavy (non-hydrogen) atoms. The second kappa shape index (κ2) is 11.2. The highest BCUT2D eigenvalue weighted by Gasteiger charge is 2.33. The molecule has 1 N–H and O–H groups in total. The molecule has 0 spiro atoms. The Balaban J connectivity index is 1.08. The first-order valence-corrected chi connectivity index (χ1v) is 15.9. The van der Waals surface area contributed by atoms with E-state index >= 15 is 0 Å². The molecule has 202 valence electrons. The van der Waals surface area contributed by atoms with Gasteiger partial charge >= 0.3 is 0 Å². The van der Waals surface area contributed by atoms with Crippen LogP contribution < -0.4 is 5.32 Å². The van der Waals surface area contributed by atoms with Crippen molar-refractivity contribution in [3.8, 4) is 11.4 Å². The van der Waals surface area contributed by atoms with Crippen LogP contribution >= 0.6 is 11.8 Å². The fraction of sp³-hybridized carbons (Fsp3) is 0.345. The number of benzene rings is 2. The highest BCUT2D eigenvalue weighted by atomic mass is 32.2. The van der Waals surface area contributed by atoms with Crippen molar-refractivity contribution in [2.75, 3.05) is 25.4 Å². The lowest BCUT2D eigenvalue weighted by Gasteiger charge is -2.30. The third kappa shape index (κ3) is 5.38. The summed E-state index contributed by atoms with van der Waals surface area (Å²) in [6.07, 6.45) is 6.35. The Bertz CT molecular complexity index is 1570. The number of thioether (sulfide) groups is 1. The van der Waals surface area contributed by atoms with Crippen LogP contribution in [0.2, 0.25) is 0 Å². The highest BCUT2D eigenvalue weighted by molar-refractivity contribution is 7.99. The molecule has 2 aliphatic rings. The van der Waals surface area contributed by atoms with Gasteiger partial charge in [0.2, 0.25) is 0 Å². The molecular weight excluding hydrogens is 528 g/mol. The smallest absolute Gasteiger partial charge is 0.198 e. The van der Waals surface area contributed by atoms with E-state index in [0.29, 0.717) is 11.4 Å². The number of fused-ring (bicyclic) bond motifs is 2. The second-order valence-corrected chi connectivity index (χ2v) is 13.2. The van der Waals surface area contributed by atoms with Crippen LogP contribution in [0, 0.1) is 0 Å². The van der Waals surface area contributed by atoms with E-state index in [9.17, 15) is 8.42 Å². The van der Waals surface area contributed by atoms with Crippen molar-refractivity contribution in [2.45, 2.75) is 41.2 Å². The number of hydrogen-bond acceptors (Lipinski definition) is 8. The molecule has 0 saturated heterocycles. The van der Waals surface area contributed by atoms with Gasteiger partial charge in [0.25, 0.3) is 0 Å². The minimum absolute atomic E-state index is 0.402. The quantitative estimate of drug-likeness (QED) is 0.255. The molecule has 2 aromatic heterocycles. The van der Waals surface area contributed by atoms with E-state index in [-0.39, 0.29) is 0 Å². The predicted octanol–water partition coefficient (Wildman–Crippen LogP) is 4.04. The van der Waals surface area contributed by atoms with E-state index in [4.69, 9.17) is 0 Å². The monoisotopic (exact) mass is 560 g/mol. The van der Waals surface area contributed by atoms with E-state index in [1.165, 1.54) is 5.56 Å².